The van der Waals surface area contributed by atoms with E-state index in [1.54, 1.807) is 38.4 Å². The van der Waals surface area contributed by atoms with E-state index in [0.29, 0.717) is 22.6 Å². The van der Waals surface area contributed by atoms with Gasteiger partial charge in [-0.3, -0.25) is 9.79 Å². The summed E-state index contributed by atoms with van der Waals surface area (Å²) in [6.45, 7) is 3.51. The Balaban J connectivity index is 2.03. The van der Waals surface area contributed by atoms with Crippen molar-refractivity contribution in [3.63, 3.8) is 0 Å². The van der Waals surface area contributed by atoms with Crippen LogP contribution in [-0.4, -0.2) is 31.6 Å². The minimum Gasteiger partial charge on any atom is -0.496 e. The quantitative estimate of drug-likeness (QED) is 0.566. The van der Waals surface area contributed by atoms with Crippen LogP contribution in [0.1, 0.15) is 42.1 Å². The Labute approximate surface area is 192 Å². The van der Waals surface area contributed by atoms with Crippen molar-refractivity contribution in [3.8, 4) is 16.9 Å². The highest BCUT2D eigenvalue weighted by Gasteiger charge is 2.26. The lowest BCUT2D eigenvalue weighted by Crippen LogP contribution is -2.17. The SMILES string of the molecule is CCS(=O)(=O)Cc1ccc2c(c1)-c1cn(C)c(=O)cc1[C@H](C)N=C2c1ccc(F)cc1OC. The van der Waals surface area contributed by atoms with Crippen LogP contribution in [0.3, 0.4) is 0 Å². The molecule has 0 N–H and O–H groups in total. The van der Waals surface area contributed by atoms with E-state index in [2.05, 4.69) is 0 Å². The van der Waals surface area contributed by atoms with Crippen LogP contribution >= 0.6 is 0 Å². The second kappa shape index (κ2) is 8.59. The van der Waals surface area contributed by atoms with Crippen LogP contribution in [0.25, 0.3) is 11.1 Å². The average Bonchev–Trinajstić information content (AvgIpc) is 2.89. The van der Waals surface area contributed by atoms with Crippen molar-refractivity contribution in [1.82, 2.24) is 4.57 Å². The van der Waals surface area contributed by atoms with Crippen molar-refractivity contribution in [2.24, 2.45) is 12.0 Å². The van der Waals surface area contributed by atoms with E-state index in [-0.39, 0.29) is 23.1 Å². The van der Waals surface area contributed by atoms with E-state index in [0.717, 1.165) is 22.3 Å². The molecule has 1 atom stereocenters. The number of nitrogens with zero attached hydrogens (tertiary/aromatic N) is 2. The Morgan fingerprint density at radius 2 is 1.79 bits per heavy atom. The van der Waals surface area contributed by atoms with Crippen LogP contribution in [0.15, 0.2) is 58.4 Å². The lowest BCUT2D eigenvalue weighted by atomic mass is 9.91. The minimum atomic E-state index is -3.24. The van der Waals surface area contributed by atoms with Gasteiger partial charge in [0.15, 0.2) is 9.84 Å². The van der Waals surface area contributed by atoms with Crippen molar-refractivity contribution in [2.75, 3.05) is 12.9 Å². The summed E-state index contributed by atoms with van der Waals surface area (Å²) < 4.78 is 45.4. The maximum Gasteiger partial charge on any atom is 0.250 e. The molecule has 1 aromatic heterocycles. The molecular formula is C25H25FN2O4S. The fraction of sp³-hybridized carbons (Fsp3) is 0.280. The monoisotopic (exact) mass is 468 g/mol. The lowest BCUT2D eigenvalue weighted by molar-refractivity contribution is 0.410. The number of benzene rings is 2. The molecule has 2 aromatic carbocycles. The molecule has 0 amide bonds. The zero-order chi connectivity index (χ0) is 23.9. The van der Waals surface area contributed by atoms with E-state index >= 15 is 0 Å². The predicted molar refractivity (Wildman–Crippen MR) is 127 cm³/mol. The molecule has 1 aliphatic heterocycles. The van der Waals surface area contributed by atoms with Crippen LogP contribution in [0.2, 0.25) is 0 Å². The summed E-state index contributed by atoms with van der Waals surface area (Å²) in [7, 11) is -0.0956. The van der Waals surface area contributed by atoms with E-state index < -0.39 is 15.7 Å². The zero-order valence-corrected chi connectivity index (χ0v) is 19.7. The van der Waals surface area contributed by atoms with Crippen molar-refractivity contribution in [1.29, 1.82) is 0 Å². The van der Waals surface area contributed by atoms with Gasteiger partial charge in [-0.15, -0.1) is 0 Å². The van der Waals surface area contributed by atoms with Crippen LogP contribution in [-0.2, 0) is 22.6 Å². The first-order valence-electron chi connectivity index (χ1n) is 10.6. The maximum absolute atomic E-state index is 13.9. The van der Waals surface area contributed by atoms with Gasteiger partial charge in [0, 0.05) is 47.8 Å². The smallest absolute Gasteiger partial charge is 0.250 e. The van der Waals surface area contributed by atoms with Crippen molar-refractivity contribution >= 4 is 15.5 Å². The number of fused-ring (bicyclic) bond motifs is 3. The van der Waals surface area contributed by atoms with Gasteiger partial charge < -0.3 is 9.30 Å². The Morgan fingerprint density at radius 1 is 1.06 bits per heavy atom. The number of methoxy groups -OCH3 is 1. The summed E-state index contributed by atoms with van der Waals surface area (Å²) in [4.78, 5) is 17.3. The first kappa shape index (κ1) is 22.9. The second-order valence-electron chi connectivity index (χ2n) is 8.15. The van der Waals surface area contributed by atoms with Gasteiger partial charge in [0.05, 0.1) is 24.6 Å². The van der Waals surface area contributed by atoms with Crippen molar-refractivity contribution < 1.29 is 17.5 Å². The number of ether oxygens (including phenoxy) is 1. The molecule has 6 nitrogen and oxygen atoms in total. The first-order chi connectivity index (χ1) is 15.6. The number of hydrogen-bond acceptors (Lipinski definition) is 5. The third kappa shape index (κ3) is 4.35. The van der Waals surface area contributed by atoms with Crippen LogP contribution in [0.4, 0.5) is 4.39 Å². The molecule has 172 valence electrons. The Kier molecular flexibility index (Phi) is 5.97. The molecule has 0 bridgehead atoms. The fourth-order valence-electron chi connectivity index (χ4n) is 4.09. The fourth-order valence-corrected chi connectivity index (χ4v) is 4.98. The first-order valence-corrected chi connectivity index (χ1v) is 12.4. The summed E-state index contributed by atoms with van der Waals surface area (Å²) in [6, 6.07) is 10.9. The number of pyridine rings is 1. The van der Waals surface area contributed by atoms with E-state index in [9.17, 15) is 17.6 Å². The zero-order valence-electron chi connectivity index (χ0n) is 18.9. The van der Waals surface area contributed by atoms with Crippen LogP contribution in [0.5, 0.6) is 5.75 Å². The highest BCUT2D eigenvalue weighted by atomic mass is 32.2. The van der Waals surface area contributed by atoms with Gasteiger partial charge in [0.2, 0.25) is 0 Å². The molecule has 0 spiro atoms. The van der Waals surface area contributed by atoms with Crippen molar-refractivity contribution in [3.05, 3.63) is 87.1 Å². The molecule has 3 aromatic rings. The number of aliphatic imine (C=N–C) groups is 1. The van der Waals surface area contributed by atoms with Gasteiger partial charge in [-0.1, -0.05) is 19.1 Å². The van der Waals surface area contributed by atoms with Gasteiger partial charge in [0.1, 0.15) is 11.6 Å². The summed E-state index contributed by atoms with van der Waals surface area (Å²) in [6.07, 6.45) is 1.76. The maximum atomic E-state index is 13.9. The molecule has 0 saturated heterocycles. The van der Waals surface area contributed by atoms with Crippen LogP contribution < -0.4 is 10.3 Å². The van der Waals surface area contributed by atoms with Gasteiger partial charge in [-0.25, -0.2) is 12.8 Å². The van der Waals surface area contributed by atoms with Gasteiger partial charge in [-0.2, -0.15) is 0 Å². The topological polar surface area (TPSA) is 77.7 Å². The minimum absolute atomic E-state index is 0.0473. The van der Waals surface area contributed by atoms with Gasteiger partial charge in [0.25, 0.3) is 5.56 Å². The molecule has 33 heavy (non-hydrogen) atoms. The molecule has 0 unspecified atom stereocenters. The molecular weight excluding hydrogens is 443 g/mol. The highest BCUT2D eigenvalue weighted by Crippen LogP contribution is 2.38. The number of aromatic nitrogens is 1. The molecule has 8 heteroatoms. The molecule has 2 heterocycles. The number of rotatable bonds is 5. The average molecular weight is 469 g/mol. The third-order valence-electron chi connectivity index (χ3n) is 5.91. The standard InChI is InChI=1S/C25H25FN2O4S/c1-5-33(30,31)14-16-6-8-18-21(10-16)22-13-28(3)24(29)12-20(22)15(2)27-25(18)19-9-7-17(26)11-23(19)32-4/h6-13,15H,5,14H2,1-4H3/t15-/m0/s1. The molecule has 4 rings (SSSR count). The molecule has 0 radical (unpaired) electrons. The number of aryl methyl sites for hydroxylation is 1. The normalized spacial score (nSPS) is 15.3. The van der Waals surface area contributed by atoms with E-state index in [1.165, 1.54) is 23.8 Å². The third-order valence-corrected chi connectivity index (χ3v) is 7.56. The summed E-state index contributed by atoms with van der Waals surface area (Å²) in [5, 5.41) is 0. The Bertz CT molecular complexity index is 1440. The molecule has 0 saturated carbocycles. The molecule has 0 aliphatic carbocycles. The van der Waals surface area contributed by atoms with E-state index in [4.69, 9.17) is 9.73 Å². The molecule has 0 fully saturated rings. The predicted octanol–water partition coefficient (Wildman–Crippen LogP) is 4.05. The van der Waals surface area contributed by atoms with E-state index in [1.807, 2.05) is 19.1 Å². The van der Waals surface area contributed by atoms with Gasteiger partial charge >= 0.3 is 0 Å². The van der Waals surface area contributed by atoms with Crippen LogP contribution in [0, 0.1) is 5.82 Å². The lowest BCUT2D eigenvalue weighted by Gasteiger charge is -2.16. The largest absolute Gasteiger partial charge is 0.496 e. The number of sulfone groups is 1. The number of halogens is 1. The van der Waals surface area contributed by atoms with Crippen molar-refractivity contribution in [2.45, 2.75) is 25.6 Å². The summed E-state index contributed by atoms with van der Waals surface area (Å²) in [5.41, 5.74) is 4.74. The van der Waals surface area contributed by atoms with Gasteiger partial charge in [-0.05, 0) is 41.8 Å². The Hall–Kier alpha value is -3.26. The highest BCUT2D eigenvalue weighted by molar-refractivity contribution is 7.90. The summed E-state index contributed by atoms with van der Waals surface area (Å²) in [5.74, 6) is -0.124. The second-order valence-corrected chi connectivity index (χ2v) is 10.5. The summed E-state index contributed by atoms with van der Waals surface area (Å²) >= 11 is 0. The number of hydrogen-bond donors (Lipinski definition) is 0. The Morgan fingerprint density at radius 3 is 2.48 bits per heavy atom. The molecule has 1 aliphatic rings.